The van der Waals surface area contributed by atoms with E-state index in [4.69, 9.17) is 15.9 Å². The van der Waals surface area contributed by atoms with E-state index in [2.05, 4.69) is 11.2 Å². The van der Waals surface area contributed by atoms with Gasteiger partial charge in [-0.1, -0.05) is 5.92 Å². The molecule has 0 aromatic rings. The van der Waals surface area contributed by atoms with Gasteiger partial charge >= 0.3 is 6.09 Å². The maximum absolute atomic E-state index is 11.6. The molecular weight excluding hydrogens is 218 g/mol. The van der Waals surface area contributed by atoms with Gasteiger partial charge in [-0.05, 0) is 34.6 Å². The van der Waals surface area contributed by atoms with Gasteiger partial charge in [0.25, 0.3) is 0 Å². The number of carbonyl (C=O) groups excluding carboxylic acids is 1. The van der Waals surface area contributed by atoms with E-state index in [0.717, 1.165) is 0 Å². The third kappa shape index (κ3) is 9.70. The Labute approximate surface area is 104 Å². The minimum absolute atomic E-state index is 0.282. The van der Waals surface area contributed by atoms with Gasteiger partial charge < -0.3 is 14.8 Å². The van der Waals surface area contributed by atoms with Gasteiger partial charge in [0, 0.05) is 12.0 Å². The first-order valence-electron chi connectivity index (χ1n) is 5.69. The van der Waals surface area contributed by atoms with E-state index >= 15 is 0 Å². The van der Waals surface area contributed by atoms with Crippen molar-refractivity contribution in [1.29, 1.82) is 0 Å². The Hall–Kier alpha value is -1.21. The highest BCUT2D eigenvalue weighted by molar-refractivity contribution is 5.68. The smallest absolute Gasteiger partial charge is 0.408 e. The van der Waals surface area contributed by atoms with Crippen LogP contribution in [0, 0.1) is 12.3 Å². The summed E-state index contributed by atoms with van der Waals surface area (Å²) in [7, 11) is 0. The van der Waals surface area contributed by atoms with Crippen LogP contribution in [0.2, 0.25) is 0 Å². The first kappa shape index (κ1) is 15.8. The Morgan fingerprint density at radius 1 is 1.29 bits per heavy atom. The quantitative estimate of drug-likeness (QED) is 0.593. The van der Waals surface area contributed by atoms with Gasteiger partial charge in [-0.25, -0.2) is 4.79 Å². The third-order valence-corrected chi connectivity index (χ3v) is 1.88. The van der Waals surface area contributed by atoms with E-state index < -0.39 is 11.7 Å². The summed E-state index contributed by atoms with van der Waals surface area (Å²) in [4.78, 5) is 11.6. The number of carbonyl (C=O) groups is 1. The molecule has 0 fully saturated rings. The zero-order valence-corrected chi connectivity index (χ0v) is 11.4. The zero-order chi connectivity index (χ0) is 13.5. The van der Waals surface area contributed by atoms with E-state index in [1.807, 2.05) is 34.6 Å². The SMILES string of the molecule is C#CCOCCC(C)(C)OC(=O)NC(C)(C)C. The maximum Gasteiger partial charge on any atom is 0.408 e. The predicted octanol–water partition coefficient (Wildman–Crippen LogP) is 2.33. The molecule has 0 atom stereocenters. The second-order valence-corrected chi connectivity index (χ2v) is 5.53. The van der Waals surface area contributed by atoms with Crippen LogP contribution in [0.4, 0.5) is 4.79 Å². The van der Waals surface area contributed by atoms with Crippen LogP contribution >= 0.6 is 0 Å². The van der Waals surface area contributed by atoms with Crippen LogP contribution in [0.3, 0.4) is 0 Å². The van der Waals surface area contributed by atoms with Crippen molar-refractivity contribution in [2.45, 2.75) is 52.2 Å². The molecule has 0 aliphatic rings. The Morgan fingerprint density at radius 3 is 2.35 bits per heavy atom. The van der Waals surface area contributed by atoms with Crippen LogP contribution in [0.1, 0.15) is 41.0 Å². The second-order valence-electron chi connectivity index (χ2n) is 5.53. The Balaban J connectivity index is 3.99. The molecule has 0 aromatic carbocycles. The summed E-state index contributed by atoms with van der Waals surface area (Å²) >= 11 is 0. The van der Waals surface area contributed by atoms with Crippen molar-refractivity contribution >= 4 is 6.09 Å². The molecule has 98 valence electrons. The van der Waals surface area contributed by atoms with Crippen molar-refractivity contribution < 1.29 is 14.3 Å². The number of rotatable bonds is 5. The van der Waals surface area contributed by atoms with Crippen LogP contribution in [-0.2, 0) is 9.47 Å². The topological polar surface area (TPSA) is 47.6 Å². The number of amides is 1. The normalized spacial score (nSPS) is 11.8. The van der Waals surface area contributed by atoms with E-state index in [0.29, 0.717) is 13.0 Å². The van der Waals surface area contributed by atoms with Crippen LogP contribution in [0.15, 0.2) is 0 Å². The predicted molar refractivity (Wildman–Crippen MR) is 67.7 cm³/mol. The van der Waals surface area contributed by atoms with E-state index in [-0.39, 0.29) is 12.1 Å². The van der Waals surface area contributed by atoms with Crippen LogP contribution in [-0.4, -0.2) is 30.4 Å². The number of ether oxygens (including phenoxy) is 2. The van der Waals surface area contributed by atoms with Crippen LogP contribution in [0.5, 0.6) is 0 Å². The average Bonchev–Trinajstić information content (AvgIpc) is 2.08. The highest BCUT2D eigenvalue weighted by Gasteiger charge is 2.24. The Kier molecular flexibility index (Phi) is 6.04. The average molecular weight is 241 g/mol. The van der Waals surface area contributed by atoms with Crippen LogP contribution < -0.4 is 5.32 Å². The molecule has 1 amide bonds. The molecule has 0 radical (unpaired) electrons. The molecule has 0 aliphatic heterocycles. The molecule has 0 spiro atoms. The Morgan fingerprint density at radius 2 is 1.88 bits per heavy atom. The molecule has 0 rings (SSSR count). The van der Waals surface area contributed by atoms with Crippen molar-refractivity contribution in [3.63, 3.8) is 0 Å². The molecule has 1 N–H and O–H groups in total. The molecular formula is C13H23NO3. The van der Waals surface area contributed by atoms with E-state index in [1.165, 1.54) is 0 Å². The van der Waals surface area contributed by atoms with Crippen molar-refractivity contribution in [2.24, 2.45) is 0 Å². The lowest BCUT2D eigenvalue weighted by Gasteiger charge is -2.28. The largest absolute Gasteiger partial charge is 0.443 e. The minimum atomic E-state index is -0.566. The lowest BCUT2D eigenvalue weighted by atomic mass is 10.1. The zero-order valence-electron chi connectivity index (χ0n) is 11.4. The molecule has 4 heteroatoms. The fourth-order valence-electron chi connectivity index (χ4n) is 1.08. The maximum atomic E-state index is 11.6. The van der Waals surface area contributed by atoms with Crippen molar-refractivity contribution in [3.8, 4) is 12.3 Å². The summed E-state index contributed by atoms with van der Waals surface area (Å²) in [5, 5.41) is 2.74. The fourth-order valence-corrected chi connectivity index (χ4v) is 1.08. The first-order valence-corrected chi connectivity index (χ1v) is 5.69. The number of nitrogens with one attached hydrogen (secondary N) is 1. The number of hydrogen-bond donors (Lipinski definition) is 1. The fraction of sp³-hybridized carbons (Fsp3) is 0.769. The molecule has 0 bridgehead atoms. The molecule has 0 aliphatic carbocycles. The van der Waals surface area contributed by atoms with E-state index in [9.17, 15) is 4.79 Å². The minimum Gasteiger partial charge on any atom is -0.443 e. The van der Waals surface area contributed by atoms with Crippen molar-refractivity contribution in [2.75, 3.05) is 13.2 Å². The number of alkyl carbamates (subject to hydrolysis) is 1. The molecule has 17 heavy (non-hydrogen) atoms. The van der Waals surface area contributed by atoms with Gasteiger partial charge in [0.2, 0.25) is 0 Å². The van der Waals surface area contributed by atoms with Crippen molar-refractivity contribution in [1.82, 2.24) is 5.32 Å². The highest BCUT2D eigenvalue weighted by Crippen LogP contribution is 2.15. The van der Waals surface area contributed by atoms with Crippen molar-refractivity contribution in [3.05, 3.63) is 0 Å². The number of hydrogen-bond acceptors (Lipinski definition) is 3. The summed E-state index contributed by atoms with van der Waals surface area (Å²) in [5.41, 5.74) is -0.864. The van der Waals surface area contributed by atoms with Gasteiger partial charge in [0.1, 0.15) is 12.2 Å². The summed E-state index contributed by atoms with van der Waals surface area (Å²) < 4.78 is 10.5. The van der Waals surface area contributed by atoms with E-state index in [1.54, 1.807) is 0 Å². The van der Waals surface area contributed by atoms with Gasteiger partial charge in [-0.15, -0.1) is 6.42 Å². The molecule has 0 heterocycles. The van der Waals surface area contributed by atoms with Gasteiger partial charge in [-0.3, -0.25) is 0 Å². The molecule has 4 nitrogen and oxygen atoms in total. The second kappa shape index (κ2) is 6.51. The summed E-state index contributed by atoms with van der Waals surface area (Å²) in [6.07, 6.45) is 5.24. The van der Waals surface area contributed by atoms with Crippen LogP contribution in [0.25, 0.3) is 0 Å². The Bertz CT molecular complexity index is 284. The third-order valence-electron chi connectivity index (χ3n) is 1.88. The summed E-state index contributed by atoms with van der Waals surface area (Å²) in [6, 6.07) is 0. The molecule has 0 unspecified atom stereocenters. The standard InChI is InChI=1S/C13H23NO3/c1-7-9-16-10-8-13(5,6)17-11(15)14-12(2,3)4/h1H,8-10H2,2-6H3,(H,14,15). The number of terminal acetylenes is 1. The first-order chi connectivity index (χ1) is 7.66. The lowest BCUT2D eigenvalue weighted by molar-refractivity contribution is 0.00876. The molecule has 0 saturated carbocycles. The lowest BCUT2D eigenvalue weighted by Crippen LogP contribution is -2.44. The molecule has 0 saturated heterocycles. The highest BCUT2D eigenvalue weighted by atomic mass is 16.6. The molecule has 0 aromatic heterocycles. The summed E-state index contributed by atoms with van der Waals surface area (Å²) in [6.45, 7) is 10.1. The van der Waals surface area contributed by atoms with Gasteiger partial charge in [0.15, 0.2) is 0 Å². The summed E-state index contributed by atoms with van der Waals surface area (Å²) in [5.74, 6) is 2.38. The van der Waals surface area contributed by atoms with Gasteiger partial charge in [-0.2, -0.15) is 0 Å². The monoisotopic (exact) mass is 241 g/mol. The van der Waals surface area contributed by atoms with Gasteiger partial charge in [0.05, 0.1) is 6.61 Å².